The first-order valence-electron chi connectivity index (χ1n) is 6.34. The molecule has 0 bridgehead atoms. The van der Waals surface area contributed by atoms with Crippen molar-refractivity contribution in [3.8, 4) is 0 Å². The zero-order chi connectivity index (χ0) is 11.6. The maximum absolute atomic E-state index is 5.75. The molecule has 0 saturated carbocycles. The summed E-state index contributed by atoms with van der Waals surface area (Å²) in [5, 5.41) is 0.960. The summed E-state index contributed by atoms with van der Waals surface area (Å²) in [7, 11) is 0. The molecule has 4 heteroatoms. The molecule has 0 aromatic heterocycles. The van der Waals surface area contributed by atoms with Gasteiger partial charge in [-0.2, -0.15) is 11.8 Å². The van der Waals surface area contributed by atoms with Crippen molar-refractivity contribution in [2.24, 2.45) is 0 Å². The summed E-state index contributed by atoms with van der Waals surface area (Å²) in [4.78, 5) is 2.59. The molecule has 96 valence electrons. The lowest BCUT2D eigenvalue weighted by atomic mass is 10.1. The van der Waals surface area contributed by atoms with E-state index in [0.29, 0.717) is 6.10 Å². The van der Waals surface area contributed by atoms with Gasteiger partial charge >= 0.3 is 0 Å². The molecular formula is C12H24BrNOS. The van der Waals surface area contributed by atoms with E-state index in [0.717, 1.165) is 11.9 Å². The van der Waals surface area contributed by atoms with E-state index in [-0.39, 0.29) is 0 Å². The average Bonchev–Trinajstić information content (AvgIpc) is 2.33. The Morgan fingerprint density at radius 2 is 2.12 bits per heavy atom. The second-order valence-electron chi connectivity index (χ2n) is 4.15. The van der Waals surface area contributed by atoms with Crippen molar-refractivity contribution in [1.82, 2.24) is 4.90 Å². The fraction of sp³-hybridized carbons (Fsp3) is 1.00. The van der Waals surface area contributed by atoms with Gasteiger partial charge in [-0.1, -0.05) is 22.9 Å². The van der Waals surface area contributed by atoms with Gasteiger partial charge in [0.05, 0.1) is 12.7 Å². The van der Waals surface area contributed by atoms with Crippen molar-refractivity contribution in [3.05, 3.63) is 0 Å². The average molecular weight is 310 g/mol. The third kappa shape index (κ3) is 6.48. The van der Waals surface area contributed by atoms with Gasteiger partial charge in [0.1, 0.15) is 0 Å². The van der Waals surface area contributed by atoms with E-state index in [1.165, 1.54) is 50.4 Å². The lowest BCUT2D eigenvalue weighted by Crippen LogP contribution is -2.37. The molecule has 1 aliphatic rings. The summed E-state index contributed by atoms with van der Waals surface area (Å²) in [6, 6.07) is 0. The first-order valence-corrected chi connectivity index (χ1v) is 8.62. The molecule has 1 heterocycles. The fourth-order valence-corrected chi connectivity index (χ4v) is 2.85. The van der Waals surface area contributed by atoms with E-state index in [1.54, 1.807) is 0 Å². The minimum Gasteiger partial charge on any atom is -0.377 e. The quantitative estimate of drug-likeness (QED) is 0.505. The standard InChI is InChI=1S/C12H24BrNOS/c1-2-16-11-3-7-14-8-4-12(5-9-14)15-10-6-13/h12H,2-11H2,1H3. The minimum absolute atomic E-state index is 0.513. The topological polar surface area (TPSA) is 12.5 Å². The van der Waals surface area contributed by atoms with Crippen LogP contribution in [0.25, 0.3) is 0 Å². The monoisotopic (exact) mass is 309 g/mol. The molecule has 0 N–H and O–H groups in total. The van der Waals surface area contributed by atoms with Crippen LogP contribution in [0, 0.1) is 0 Å². The molecule has 1 fully saturated rings. The normalized spacial score (nSPS) is 19.1. The van der Waals surface area contributed by atoms with Gasteiger partial charge in [-0.05, 0) is 37.3 Å². The van der Waals surface area contributed by atoms with E-state index in [4.69, 9.17) is 4.74 Å². The van der Waals surface area contributed by atoms with Crippen LogP contribution < -0.4 is 0 Å². The summed E-state index contributed by atoms with van der Waals surface area (Å²) in [6.07, 6.45) is 4.28. The summed E-state index contributed by atoms with van der Waals surface area (Å²) in [6.45, 7) is 6.82. The van der Waals surface area contributed by atoms with Crippen LogP contribution in [-0.2, 0) is 4.74 Å². The van der Waals surface area contributed by atoms with Crippen LogP contribution in [0.3, 0.4) is 0 Å². The van der Waals surface area contributed by atoms with Crippen LogP contribution >= 0.6 is 27.7 Å². The van der Waals surface area contributed by atoms with Crippen molar-refractivity contribution in [2.75, 3.05) is 43.1 Å². The Morgan fingerprint density at radius 3 is 2.75 bits per heavy atom. The Hall–Kier alpha value is 0.750. The Labute approximate surface area is 113 Å². The van der Waals surface area contributed by atoms with Crippen LogP contribution in [0.15, 0.2) is 0 Å². The molecule has 0 aromatic rings. The molecule has 0 aliphatic carbocycles. The third-order valence-electron chi connectivity index (χ3n) is 2.93. The highest BCUT2D eigenvalue weighted by Crippen LogP contribution is 2.14. The van der Waals surface area contributed by atoms with Gasteiger partial charge in [0.2, 0.25) is 0 Å². The second kappa shape index (κ2) is 9.75. The largest absolute Gasteiger partial charge is 0.377 e. The first-order chi connectivity index (χ1) is 7.86. The van der Waals surface area contributed by atoms with Gasteiger partial charge in [0.25, 0.3) is 0 Å². The highest BCUT2D eigenvalue weighted by Gasteiger charge is 2.18. The van der Waals surface area contributed by atoms with Gasteiger partial charge in [0, 0.05) is 18.4 Å². The first kappa shape index (κ1) is 14.8. The molecule has 0 radical (unpaired) electrons. The van der Waals surface area contributed by atoms with E-state index in [9.17, 15) is 0 Å². The lowest BCUT2D eigenvalue weighted by molar-refractivity contribution is 0.0161. The molecule has 2 nitrogen and oxygen atoms in total. The zero-order valence-corrected chi connectivity index (χ0v) is 12.7. The molecule has 0 aromatic carbocycles. The van der Waals surface area contributed by atoms with Crippen LogP contribution in [0.1, 0.15) is 26.2 Å². The second-order valence-corrected chi connectivity index (χ2v) is 6.34. The Balaban J connectivity index is 1.98. The number of rotatable bonds is 8. The molecule has 0 unspecified atom stereocenters. The van der Waals surface area contributed by atoms with Crippen LogP contribution in [0.5, 0.6) is 0 Å². The van der Waals surface area contributed by atoms with Gasteiger partial charge in [-0.15, -0.1) is 0 Å². The number of likely N-dealkylation sites (tertiary alicyclic amines) is 1. The van der Waals surface area contributed by atoms with Crippen LogP contribution in [0.4, 0.5) is 0 Å². The number of alkyl halides is 1. The molecule has 0 spiro atoms. The zero-order valence-electron chi connectivity index (χ0n) is 10.3. The third-order valence-corrected chi connectivity index (χ3v) is 4.24. The maximum atomic E-state index is 5.75. The Morgan fingerprint density at radius 1 is 1.38 bits per heavy atom. The van der Waals surface area contributed by atoms with Crippen LogP contribution in [0.2, 0.25) is 0 Å². The summed E-state index contributed by atoms with van der Waals surface area (Å²) >= 11 is 5.45. The van der Waals surface area contributed by atoms with Crippen molar-refractivity contribution >= 4 is 27.7 Å². The van der Waals surface area contributed by atoms with Gasteiger partial charge < -0.3 is 9.64 Å². The Kier molecular flexibility index (Phi) is 9.02. The summed E-state index contributed by atoms with van der Waals surface area (Å²) in [5.74, 6) is 2.57. The van der Waals surface area contributed by atoms with Crippen molar-refractivity contribution in [2.45, 2.75) is 32.3 Å². The fourth-order valence-electron chi connectivity index (χ4n) is 2.05. The van der Waals surface area contributed by atoms with Crippen molar-refractivity contribution in [3.63, 3.8) is 0 Å². The van der Waals surface area contributed by atoms with Crippen molar-refractivity contribution in [1.29, 1.82) is 0 Å². The van der Waals surface area contributed by atoms with E-state index < -0.39 is 0 Å². The minimum atomic E-state index is 0.513. The highest BCUT2D eigenvalue weighted by molar-refractivity contribution is 9.09. The molecule has 0 amide bonds. The molecule has 1 saturated heterocycles. The van der Waals surface area contributed by atoms with Gasteiger partial charge in [-0.25, -0.2) is 0 Å². The van der Waals surface area contributed by atoms with Gasteiger partial charge in [0.15, 0.2) is 0 Å². The molecule has 1 rings (SSSR count). The smallest absolute Gasteiger partial charge is 0.0599 e. The van der Waals surface area contributed by atoms with Crippen molar-refractivity contribution < 1.29 is 4.74 Å². The SMILES string of the molecule is CCSCCCN1CCC(OCCBr)CC1. The lowest BCUT2D eigenvalue weighted by Gasteiger charge is -2.31. The van der Waals surface area contributed by atoms with E-state index in [2.05, 4.69) is 39.5 Å². The highest BCUT2D eigenvalue weighted by atomic mass is 79.9. The number of ether oxygens (including phenoxy) is 1. The number of nitrogens with zero attached hydrogens (tertiary/aromatic N) is 1. The number of thioether (sulfide) groups is 1. The molecule has 16 heavy (non-hydrogen) atoms. The Bertz CT molecular complexity index is 163. The molecule has 0 atom stereocenters. The van der Waals surface area contributed by atoms with Gasteiger partial charge in [-0.3, -0.25) is 0 Å². The summed E-state index contributed by atoms with van der Waals surface area (Å²) < 4.78 is 5.75. The van der Waals surface area contributed by atoms with E-state index >= 15 is 0 Å². The van der Waals surface area contributed by atoms with Crippen LogP contribution in [-0.4, -0.2) is 54.1 Å². The number of halogens is 1. The number of hydrogen-bond donors (Lipinski definition) is 0. The molecular weight excluding hydrogens is 286 g/mol. The molecule has 1 aliphatic heterocycles. The maximum Gasteiger partial charge on any atom is 0.0599 e. The predicted octanol–water partition coefficient (Wildman–Crippen LogP) is 3.01. The predicted molar refractivity (Wildman–Crippen MR) is 76.8 cm³/mol. The number of hydrogen-bond acceptors (Lipinski definition) is 3. The summed E-state index contributed by atoms with van der Waals surface area (Å²) in [5.41, 5.74) is 0. The van der Waals surface area contributed by atoms with E-state index in [1.807, 2.05) is 0 Å². The number of piperidine rings is 1.